The van der Waals surface area contributed by atoms with E-state index in [-0.39, 0.29) is 0 Å². The van der Waals surface area contributed by atoms with Crippen molar-refractivity contribution in [3.8, 4) is 5.95 Å². The van der Waals surface area contributed by atoms with Crippen LogP contribution in [0.3, 0.4) is 0 Å². The Morgan fingerprint density at radius 1 is 1.00 bits per heavy atom. The van der Waals surface area contributed by atoms with Crippen molar-refractivity contribution in [2.75, 3.05) is 0 Å². The number of hydrogen-bond donors (Lipinski definition) is 0. The van der Waals surface area contributed by atoms with E-state index in [1.807, 2.05) is 28.8 Å². The van der Waals surface area contributed by atoms with Gasteiger partial charge in [0.2, 0.25) is 5.95 Å². The van der Waals surface area contributed by atoms with Gasteiger partial charge in [0.15, 0.2) is 4.73 Å². The Labute approximate surface area is 100 Å². The Kier molecular flexibility index (Phi) is 2.18. The summed E-state index contributed by atoms with van der Waals surface area (Å²) in [5, 5.41) is 0. The van der Waals surface area contributed by atoms with Gasteiger partial charge in [0, 0.05) is 12.4 Å². The zero-order valence-electron chi connectivity index (χ0n) is 8.21. The third-order valence-corrected chi connectivity index (χ3v) is 2.80. The second-order valence-electron chi connectivity index (χ2n) is 3.25. The van der Waals surface area contributed by atoms with Crippen LogP contribution in [0.5, 0.6) is 0 Å². The molecule has 5 heteroatoms. The third kappa shape index (κ3) is 1.40. The highest BCUT2D eigenvalue weighted by atomic mass is 79.9. The number of imidazole rings is 1. The summed E-state index contributed by atoms with van der Waals surface area (Å²) in [4.78, 5) is 12.8. The number of fused-ring (bicyclic) bond motifs is 1. The van der Waals surface area contributed by atoms with Crippen molar-refractivity contribution in [2.45, 2.75) is 0 Å². The summed E-state index contributed by atoms with van der Waals surface area (Å²) in [7, 11) is 0. The number of halogens is 1. The Morgan fingerprint density at radius 2 is 1.75 bits per heavy atom. The fourth-order valence-electron chi connectivity index (χ4n) is 1.59. The van der Waals surface area contributed by atoms with Crippen molar-refractivity contribution in [1.82, 2.24) is 19.5 Å². The fourth-order valence-corrected chi connectivity index (χ4v) is 2.13. The van der Waals surface area contributed by atoms with Gasteiger partial charge in [-0.1, -0.05) is 12.1 Å². The van der Waals surface area contributed by atoms with E-state index in [0.717, 1.165) is 11.0 Å². The van der Waals surface area contributed by atoms with E-state index in [0.29, 0.717) is 10.7 Å². The second-order valence-corrected chi connectivity index (χ2v) is 3.96. The van der Waals surface area contributed by atoms with Crippen LogP contribution in [0.15, 0.2) is 47.5 Å². The van der Waals surface area contributed by atoms with Gasteiger partial charge < -0.3 is 0 Å². The average molecular weight is 275 g/mol. The summed E-state index contributed by atoms with van der Waals surface area (Å²) in [6, 6.07) is 9.66. The maximum Gasteiger partial charge on any atom is 0.236 e. The van der Waals surface area contributed by atoms with Crippen molar-refractivity contribution in [3.05, 3.63) is 47.5 Å². The van der Waals surface area contributed by atoms with Gasteiger partial charge in [0.05, 0.1) is 11.0 Å². The smallest absolute Gasteiger partial charge is 0.236 e. The number of para-hydroxylation sites is 2. The lowest BCUT2D eigenvalue weighted by molar-refractivity contribution is 0.924. The Balaban J connectivity index is 2.35. The largest absolute Gasteiger partial charge is 0.255 e. The molecule has 0 saturated carbocycles. The van der Waals surface area contributed by atoms with Gasteiger partial charge in [-0.3, -0.25) is 4.57 Å². The summed E-state index contributed by atoms with van der Waals surface area (Å²) < 4.78 is 2.58. The van der Waals surface area contributed by atoms with Crippen molar-refractivity contribution in [3.63, 3.8) is 0 Å². The molecule has 0 aliphatic carbocycles. The summed E-state index contributed by atoms with van der Waals surface area (Å²) in [5.41, 5.74) is 1.91. The fraction of sp³-hybridized carbons (Fsp3) is 0. The van der Waals surface area contributed by atoms with Crippen LogP contribution >= 0.6 is 15.9 Å². The van der Waals surface area contributed by atoms with Gasteiger partial charge in [-0.25, -0.2) is 15.0 Å². The predicted octanol–water partition coefficient (Wildman–Crippen LogP) is 2.58. The van der Waals surface area contributed by atoms with Crippen molar-refractivity contribution in [1.29, 1.82) is 0 Å². The number of rotatable bonds is 1. The maximum atomic E-state index is 4.39. The molecule has 2 aromatic heterocycles. The summed E-state index contributed by atoms with van der Waals surface area (Å²) in [5.74, 6) is 0.614. The molecule has 3 rings (SSSR count). The molecule has 0 N–H and O–H groups in total. The lowest BCUT2D eigenvalue weighted by atomic mass is 10.3. The highest BCUT2D eigenvalue weighted by Gasteiger charge is 2.10. The summed E-state index contributed by atoms with van der Waals surface area (Å²) >= 11 is 3.42. The third-order valence-electron chi connectivity index (χ3n) is 2.27. The van der Waals surface area contributed by atoms with Crippen LogP contribution in [0.25, 0.3) is 17.0 Å². The minimum atomic E-state index is 0.614. The molecule has 0 saturated heterocycles. The van der Waals surface area contributed by atoms with Crippen molar-refractivity contribution in [2.24, 2.45) is 0 Å². The molecule has 0 atom stereocenters. The first-order valence-corrected chi connectivity index (χ1v) is 5.56. The van der Waals surface area contributed by atoms with E-state index < -0.39 is 0 Å². The highest BCUT2D eigenvalue weighted by molar-refractivity contribution is 9.10. The van der Waals surface area contributed by atoms with Gasteiger partial charge in [-0.15, -0.1) is 0 Å². The number of hydrogen-bond acceptors (Lipinski definition) is 3. The number of nitrogens with zero attached hydrogens (tertiary/aromatic N) is 4. The second kappa shape index (κ2) is 3.68. The van der Waals surface area contributed by atoms with E-state index in [1.54, 1.807) is 18.5 Å². The first-order chi connectivity index (χ1) is 7.86. The Bertz CT molecular complexity index is 633. The molecule has 0 amide bonds. The van der Waals surface area contributed by atoms with Gasteiger partial charge in [-0.05, 0) is 34.1 Å². The maximum absolute atomic E-state index is 4.39. The molecule has 0 spiro atoms. The van der Waals surface area contributed by atoms with Crippen molar-refractivity contribution >= 4 is 27.0 Å². The van der Waals surface area contributed by atoms with E-state index in [2.05, 4.69) is 30.9 Å². The Hall–Kier alpha value is -1.75. The van der Waals surface area contributed by atoms with Gasteiger partial charge in [0.1, 0.15) is 0 Å². The van der Waals surface area contributed by atoms with Crippen LogP contribution in [-0.2, 0) is 0 Å². The summed E-state index contributed by atoms with van der Waals surface area (Å²) in [6.45, 7) is 0. The van der Waals surface area contributed by atoms with E-state index >= 15 is 0 Å². The van der Waals surface area contributed by atoms with Crippen LogP contribution < -0.4 is 0 Å². The van der Waals surface area contributed by atoms with Gasteiger partial charge in [0.25, 0.3) is 0 Å². The summed E-state index contributed by atoms with van der Waals surface area (Å²) in [6.07, 6.45) is 3.42. The molecule has 0 fully saturated rings. The van der Waals surface area contributed by atoms with E-state index in [1.165, 1.54) is 0 Å². The Morgan fingerprint density at radius 3 is 2.56 bits per heavy atom. The standard InChI is InChI=1S/C11H7BrN4/c12-10-15-8-4-1-2-5-9(8)16(10)11-13-6-3-7-14-11/h1-7H. The molecule has 0 unspecified atom stereocenters. The zero-order chi connectivity index (χ0) is 11.0. The van der Waals surface area contributed by atoms with Crippen LogP contribution in [0.4, 0.5) is 0 Å². The quantitative estimate of drug-likeness (QED) is 0.685. The molecule has 0 aliphatic rings. The first kappa shape index (κ1) is 9.47. The molecule has 0 radical (unpaired) electrons. The number of benzene rings is 1. The van der Waals surface area contributed by atoms with Gasteiger partial charge >= 0.3 is 0 Å². The molecule has 16 heavy (non-hydrogen) atoms. The molecule has 2 heterocycles. The normalized spacial score (nSPS) is 10.8. The molecule has 0 aliphatic heterocycles. The average Bonchev–Trinajstić information content (AvgIpc) is 2.66. The van der Waals surface area contributed by atoms with Crippen LogP contribution in [0, 0.1) is 0 Å². The topological polar surface area (TPSA) is 43.6 Å². The SMILES string of the molecule is Brc1nc2ccccc2n1-c1ncccn1. The monoisotopic (exact) mass is 274 g/mol. The van der Waals surface area contributed by atoms with Gasteiger partial charge in [-0.2, -0.15) is 0 Å². The number of aromatic nitrogens is 4. The molecule has 4 nitrogen and oxygen atoms in total. The first-order valence-electron chi connectivity index (χ1n) is 4.76. The van der Waals surface area contributed by atoms with Crippen LogP contribution in [0.2, 0.25) is 0 Å². The molecular formula is C11H7BrN4. The van der Waals surface area contributed by atoms with Crippen LogP contribution in [0.1, 0.15) is 0 Å². The lowest BCUT2D eigenvalue weighted by Crippen LogP contribution is -1.99. The molecule has 0 bridgehead atoms. The van der Waals surface area contributed by atoms with E-state index in [9.17, 15) is 0 Å². The molecule has 1 aromatic carbocycles. The molecule has 3 aromatic rings. The molecule has 78 valence electrons. The van der Waals surface area contributed by atoms with Crippen molar-refractivity contribution < 1.29 is 0 Å². The minimum Gasteiger partial charge on any atom is -0.255 e. The minimum absolute atomic E-state index is 0.614. The highest BCUT2D eigenvalue weighted by Crippen LogP contribution is 2.22. The van der Waals surface area contributed by atoms with Crippen LogP contribution in [-0.4, -0.2) is 19.5 Å². The lowest BCUT2D eigenvalue weighted by Gasteiger charge is -2.02. The zero-order valence-corrected chi connectivity index (χ0v) is 9.79. The van der Waals surface area contributed by atoms with E-state index in [4.69, 9.17) is 0 Å². The predicted molar refractivity (Wildman–Crippen MR) is 64.4 cm³/mol. The molecular weight excluding hydrogens is 268 g/mol.